The van der Waals surface area contributed by atoms with Gasteiger partial charge >= 0.3 is 0 Å². The number of methoxy groups -OCH3 is 2. The fourth-order valence-corrected chi connectivity index (χ4v) is 3.52. The summed E-state index contributed by atoms with van der Waals surface area (Å²) >= 11 is 0. The van der Waals surface area contributed by atoms with Gasteiger partial charge in [-0.15, -0.1) is 0 Å². The van der Waals surface area contributed by atoms with E-state index in [4.69, 9.17) is 18.6 Å². The summed E-state index contributed by atoms with van der Waals surface area (Å²) in [6.45, 7) is 8.01. The number of nitrogens with zero attached hydrogens (tertiary/aromatic N) is 1. The van der Waals surface area contributed by atoms with Gasteiger partial charge in [-0.3, -0.25) is 4.79 Å². The lowest BCUT2D eigenvalue weighted by Crippen LogP contribution is -2.24. The molecule has 0 radical (unpaired) electrons. The fourth-order valence-electron chi connectivity index (χ4n) is 3.52. The molecule has 0 unspecified atom stereocenters. The molecule has 0 saturated heterocycles. The minimum atomic E-state index is -0.145. The van der Waals surface area contributed by atoms with Crippen LogP contribution < -0.4 is 19.6 Å². The Labute approximate surface area is 183 Å². The Hall–Kier alpha value is -2.99. The summed E-state index contributed by atoms with van der Waals surface area (Å²) in [4.78, 5) is 15.3. The SMILES string of the molecule is CCN(CC)CCCCOc1cc(OC)cc2oc(-c3ccc(OC)cc3)cc(=O)c12. The summed E-state index contributed by atoms with van der Waals surface area (Å²) in [6, 6.07) is 12.3. The molecular formula is C25H31NO5. The topological polar surface area (TPSA) is 61.1 Å². The van der Waals surface area contributed by atoms with E-state index in [1.165, 1.54) is 6.07 Å². The van der Waals surface area contributed by atoms with Crippen molar-refractivity contribution in [2.75, 3.05) is 40.5 Å². The van der Waals surface area contributed by atoms with Crippen molar-refractivity contribution < 1.29 is 18.6 Å². The average molecular weight is 426 g/mol. The van der Waals surface area contributed by atoms with Crippen LogP contribution in [0.3, 0.4) is 0 Å². The van der Waals surface area contributed by atoms with E-state index in [9.17, 15) is 4.79 Å². The Bertz CT molecular complexity index is 1040. The Kier molecular flexibility index (Phi) is 7.95. The van der Waals surface area contributed by atoms with E-state index in [2.05, 4.69) is 18.7 Å². The Balaban J connectivity index is 1.84. The predicted molar refractivity (Wildman–Crippen MR) is 124 cm³/mol. The number of benzene rings is 2. The van der Waals surface area contributed by atoms with E-state index in [-0.39, 0.29) is 5.43 Å². The van der Waals surface area contributed by atoms with Crippen molar-refractivity contribution in [2.24, 2.45) is 0 Å². The average Bonchev–Trinajstić information content (AvgIpc) is 2.80. The van der Waals surface area contributed by atoms with E-state index in [1.54, 1.807) is 26.4 Å². The zero-order valence-electron chi connectivity index (χ0n) is 18.8. The molecule has 0 fully saturated rings. The third-order valence-corrected chi connectivity index (χ3v) is 5.40. The predicted octanol–water partition coefficient (Wildman–Crippen LogP) is 4.98. The van der Waals surface area contributed by atoms with Gasteiger partial charge in [0.05, 0.1) is 20.8 Å². The minimum Gasteiger partial charge on any atom is -0.497 e. The maximum absolute atomic E-state index is 13.0. The molecule has 166 valence electrons. The molecule has 6 nitrogen and oxygen atoms in total. The van der Waals surface area contributed by atoms with Gasteiger partial charge in [0.2, 0.25) is 0 Å². The molecule has 2 aromatic carbocycles. The number of unbranched alkanes of at least 4 members (excludes halogenated alkanes) is 1. The van der Waals surface area contributed by atoms with Crippen LogP contribution in [0.15, 0.2) is 51.7 Å². The number of fused-ring (bicyclic) bond motifs is 1. The van der Waals surface area contributed by atoms with E-state index >= 15 is 0 Å². The van der Waals surface area contributed by atoms with Crippen LogP contribution >= 0.6 is 0 Å². The van der Waals surface area contributed by atoms with Crippen LogP contribution in [-0.2, 0) is 0 Å². The van der Waals surface area contributed by atoms with Crippen LogP contribution in [0.2, 0.25) is 0 Å². The molecule has 3 aromatic rings. The van der Waals surface area contributed by atoms with Crippen LogP contribution in [0.4, 0.5) is 0 Å². The van der Waals surface area contributed by atoms with Crippen LogP contribution in [0.25, 0.3) is 22.3 Å². The van der Waals surface area contributed by atoms with Crippen molar-refractivity contribution in [3.63, 3.8) is 0 Å². The molecule has 1 aromatic heterocycles. The van der Waals surface area contributed by atoms with E-state index in [0.717, 1.165) is 43.8 Å². The lowest BCUT2D eigenvalue weighted by atomic mass is 10.1. The van der Waals surface area contributed by atoms with Gasteiger partial charge in [0, 0.05) is 23.8 Å². The lowest BCUT2D eigenvalue weighted by molar-refractivity contribution is 0.266. The number of hydrogen-bond donors (Lipinski definition) is 0. The van der Waals surface area contributed by atoms with Gasteiger partial charge in [-0.05, 0) is 56.7 Å². The molecule has 1 heterocycles. The molecule has 31 heavy (non-hydrogen) atoms. The van der Waals surface area contributed by atoms with E-state index in [0.29, 0.717) is 34.8 Å². The van der Waals surface area contributed by atoms with Crippen LogP contribution in [-0.4, -0.2) is 45.4 Å². The van der Waals surface area contributed by atoms with Crippen molar-refractivity contribution in [2.45, 2.75) is 26.7 Å². The summed E-state index contributed by atoms with van der Waals surface area (Å²) in [7, 11) is 3.20. The summed E-state index contributed by atoms with van der Waals surface area (Å²) in [5, 5.41) is 0.432. The maximum atomic E-state index is 13.0. The largest absolute Gasteiger partial charge is 0.497 e. The number of hydrogen-bond acceptors (Lipinski definition) is 6. The molecule has 0 aliphatic carbocycles. The highest BCUT2D eigenvalue weighted by atomic mass is 16.5. The second-order valence-electron chi connectivity index (χ2n) is 7.28. The zero-order valence-corrected chi connectivity index (χ0v) is 18.8. The standard InChI is InChI=1S/C25H31NO5/c1-5-26(6-2)13-7-8-14-30-23-15-20(29-4)16-24-25(23)21(27)17-22(31-24)18-9-11-19(28-3)12-10-18/h9-12,15-17H,5-8,13-14H2,1-4H3. The molecule has 0 saturated carbocycles. The van der Waals surface area contributed by atoms with Gasteiger partial charge in [0.1, 0.15) is 34.0 Å². The van der Waals surface area contributed by atoms with Gasteiger partial charge in [0.15, 0.2) is 5.43 Å². The van der Waals surface area contributed by atoms with E-state index in [1.807, 2.05) is 24.3 Å². The molecule has 0 N–H and O–H groups in total. The third-order valence-electron chi connectivity index (χ3n) is 5.40. The smallest absolute Gasteiger partial charge is 0.197 e. The molecular weight excluding hydrogens is 394 g/mol. The molecule has 0 spiro atoms. The zero-order chi connectivity index (χ0) is 22.2. The molecule has 0 aliphatic heterocycles. The van der Waals surface area contributed by atoms with Crippen molar-refractivity contribution in [1.82, 2.24) is 4.90 Å². The van der Waals surface area contributed by atoms with Crippen LogP contribution in [0.5, 0.6) is 17.2 Å². The highest BCUT2D eigenvalue weighted by Crippen LogP contribution is 2.32. The van der Waals surface area contributed by atoms with E-state index < -0.39 is 0 Å². The molecule has 0 aliphatic rings. The van der Waals surface area contributed by atoms with Crippen molar-refractivity contribution in [1.29, 1.82) is 0 Å². The maximum Gasteiger partial charge on any atom is 0.197 e. The molecule has 0 bridgehead atoms. The second kappa shape index (κ2) is 10.9. The Morgan fingerprint density at radius 2 is 1.61 bits per heavy atom. The first-order valence-corrected chi connectivity index (χ1v) is 10.7. The highest BCUT2D eigenvalue weighted by molar-refractivity contribution is 5.86. The highest BCUT2D eigenvalue weighted by Gasteiger charge is 2.14. The Morgan fingerprint density at radius 3 is 2.26 bits per heavy atom. The molecule has 0 amide bonds. The van der Waals surface area contributed by atoms with Crippen LogP contribution in [0, 0.1) is 0 Å². The molecule has 3 rings (SSSR count). The summed E-state index contributed by atoms with van der Waals surface area (Å²) < 4.78 is 22.7. The summed E-state index contributed by atoms with van der Waals surface area (Å²) in [5.41, 5.74) is 1.09. The van der Waals surface area contributed by atoms with Crippen molar-refractivity contribution in [3.05, 3.63) is 52.7 Å². The third kappa shape index (κ3) is 5.58. The van der Waals surface area contributed by atoms with Gasteiger partial charge < -0.3 is 23.5 Å². The van der Waals surface area contributed by atoms with Gasteiger partial charge in [-0.2, -0.15) is 0 Å². The molecule has 6 heteroatoms. The quantitative estimate of drug-likeness (QED) is 0.404. The first-order valence-electron chi connectivity index (χ1n) is 10.7. The monoisotopic (exact) mass is 425 g/mol. The fraction of sp³-hybridized carbons (Fsp3) is 0.400. The van der Waals surface area contributed by atoms with Gasteiger partial charge in [0.25, 0.3) is 0 Å². The first-order chi connectivity index (χ1) is 15.1. The normalized spacial score (nSPS) is 11.1. The minimum absolute atomic E-state index is 0.145. The number of ether oxygens (including phenoxy) is 3. The van der Waals surface area contributed by atoms with Crippen molar-refractivity contribution in [3.8, 4) is 28.6 Å². The van der Waals surface area contributed by atoms with Gasteiger partial charge in [-0.1, -0.05) is 13.8 Å². The summed E-state index contributed by atoms with van der Waals surface area (Å²) in [6.07, 6.45) is 1.95. The second-order valence-corrected chi connectivity index (χ2v) is 7.28. The van der Waals surface area contributed by atoms with Crippen LogP contribution in [0.1, 0.15) is 26.7 Å². The van der Waals surface area contributed by atoms with Gasteiger partial charge in [-0.25, -0.2) is 0 Å². The summed E-state index contributed by atoms with van der Waals surface area (Å²) in [5.74, 6) is 2.30. The lowest BCUT2D eigenvalue weighted by Gasteiger charge is -2.17. The number of rotatable bonds is 11. The van der Waals surface area contributed by atoms with Crippen molar-refractivity contribution >= 4 is 11.0 Å². The molecule has 0 atom stereocenters. The first kappa shape index (κ1) is 22.7. The Morgan fingerprint density at radius 1 is 0.903 bits per heavy atom.